The van der Waals surface area contributed by atoms with Crippen LogP contribution in [0.2, 0.25) is 0 Å². The van der Waals surface area contributed by atoms with E-state index in [2.05, 4.69) is 10.4 Å². The Labute approximate surface area is 124 Å². The lowest BCUT2D eigenvalue weighted by Gasteiger charge is -2.27. The Morgan fingerprint density at radius 3 is 2.95 bits per heavy atom. The Morgan fingerprint density at radius 1 is 1.43 bits per heavy atom. The fraction of sp³-hybridized carbons (Fsp3) is 0.733. The summed E-state index contributed by atoms with van der Waals surface area (Å²) in [7, 11) is 0. The molecule has 1 aliphatic heterocycles. The number of aromatic nitrogens is 2. The first-order valence-electron chi connectivity index (χ1n) is 7.67. The van der Waals surface area contributed by atoms with Crippen molar-refractivity contribution in [2.45, 2.75) is 50.3 Å². The molecule has 3 rings (SSSR count). The summed E-state index contributed by atoms with van der Waals surface area (Å²) in [6.45, 7) is 3.45. The van der Waals surface area contributed by atoms with Crippen molar-refractivity contribution in [1.82, 2.24) is 15.1 Å². The normalized spacial score (nSPS) is 28.1. The van der Waals surface area contributed by atoms with Crippen molar-refractivity contribution in [3.8, 4) is 0 Å². The van der Waals surface area contributed by atoms with Crippen molar-refractivity contribution in [3.63, 3.8) is 0 Å². The van der Waals surface area contributed by atoms with Gasteiger partial charge in [0.2, 0.25) is 0 Å². The van der Waals surface area contributed by atoms with E-state index in [1.54, 1.807) is 12.1 Å². The molecule has 0 radical (unpaired) electrons. The number of ether oxygens (including phenoxy) is 1. The van der Waals surface area contributed by atoms with Crippen LogP contribution >= 0.6 is 0 Å². The molecule has 1 saturated carbocycles. The number of aliphatic hydroxyl groups is 1. The lowest BCUT2D eigenvalue weighted by Crippen LogP contribution is -2.47. The van der Waals surface area contributed by atoms with Gasteiger partial charge in [0.15, 0.2) is 0 Å². The summed E-state index contributed by atoms with van der Waals surface area (Å²) in [5.41, 5.74) is 0.107. The molecule has 116 valence electrons. The number of nitrogens with one attached hydrogen (secondary N) is 1. The van der Waals surface area contributed by atoms with Crippen molar-refractivity contribution < 1.29 is 9.84 Å². The molecule has 1 saturated heterocycles. The van der Waals surface area contributed by atoms with Gasteiger partial charge >= 0.3 is 0 Å². The first-order valence-corrected chi connectivity index (χ1v) is 7.67. The summed E-state index contributed by atoms with van der Waals surface area (Å²) in [4.78, 5) is 12.0. The summed E-state index contributed by atoms with van der Waals surface area (Å²) < 4.78 is 7.04. The van der Waals surface area contributed by atoms with Crippen LogP contribution in [0.5, 0.6) is 0 Å². The number of hydrogen-bond acceptors (Lipinski definition) is 5. The maximum absolute atomic E-state index is 12.0. The summed E-state index contributed by atoms with van der Waals surface area (Å²) in [5, 5.41) is 18.1. The fourth-order valence-corrected chi connectivity index (χ4v) is 3.27. The molecule has 2 heterocycles. The standard InChI is InChI=1S/C15H23N3O3/c1-11-4-5-14(19)18(17-11)13-9-21-8-12(13)16-10-15(20)6-2-3-7-15/h4-5,12-13,16,20H,2-3,6-10H2,1H3. The van der Waals surface area contributed by atoms with Gasteiger partial charge in [-0.2, -0.15) is 5.10 Å². The predicted molar refractivity (Wildman–Crippen MR) is 78.3 cm³/mol. The maximum atomic E-state index is 12.0. The van der Waals surface area contributed by atoms with Gasteiger partial charge in [0.1, 0.15) is 0 Å². The van der Waals surface area contributed by atoms with Crippen LogP contribution in [0.25, 0.3) is 0 Å². The Morgan fingerprint density at radius 2 is 2.19 bits per heavy atom. The SMILES string of the molecule is Cc1ccc(=O)n(C2COCC2NCC2(O)CCCC2)n1. The molecule has 2 aliphatic rings. The average Bonchev–Trinajstić information content (AvgIpc) is 3.09. The molecule has 0 spiro atoms. The Balaban J connectivity index is 1.70. The zero-order valence-electron chi connectivity index (χ0n) is 12.4. The Hall–Kier alpha value is -1.24. The first kappa shape index (κ1) is 14.7. The lowest BCUT2D eigenvalue weighted by atomic mass is 10.0. The van der Waals surface area contributed by atoms with Gasteiger partial charge in [-0.3, -0.25) is 4.79 Å². The number of hydrogen-bond donors (Lipinski definition) is 2. The molecule has 0 aromatic carbocycles. The van der Waals surface area contributed by atoms with Crippen molar-refractivity contribution in [1.29, 1.82) is 0 Å². The highest BCUT2D eigenvalue weighted by Crippen LogP contribution is 2.29. The third kappa shape index (κ3) is 3.17. The monoisotopic (exact) mass is 293 g/mol. The van der Waals surface area contributed by atoms with Crippen molar-refractivity contribution >= 4 is 0 Å². The molecule has 1 aliphatic carbocycles. The van der Waals surface area contributed by atoms with E-state index in [0.29, 0.717) is 19.8 Å². The topological polar surface area (TPSA) is 76.4 Å². The highest BCUT2D eigenvalue weighted by atomic mass is 16.5. The third-order valence-corrected chi connectivity index (χ3v) is 4.55. The van der Waals surface area contributed by atoms with Crippen LogP contribution in [0, 0.1) is 6.92 Å². The lowest BCUT2D eigenvalue weighted by molar-refractivity contribution is 0.0432. The largest absolute Gasteiger partial charge is 0.389 e. The number of nitrogens with zero attached hydrogens (tertiary/aromatic N) is 2. The highest BCUT2D eigenvalue weighted by Gasteiger charge is 2.35. The molecule has 21 heavy (non-hydrogen) atoms. The van der Waals surface area contributed by atoms with Gasteiger partial charge in [0.25, 0.3) is 5.56 Å². The minimum atomic E-state index is -0.599. The van der Waals surface area contributed by atoms with Gasteiger partial charge in [-0.25, -0.2) is 4.68 Å². The van der Waals surface area contributed by atoms with Crippen molar-refractivity contribution in [2.24, 2.45) is 0 Å². The average molecular weight is 293 g/mol. The first-order chi connectivity index (χ1) is 10.1. The molecule has 2 fully saturated rings. The van der Waals surface area contributed by atoms with E-state index in [-0.39, 0.29) is 17.6 Å². The van der Waals surface area contributed by atoms with Gasteiger partial charge in [0, 0.05) is 12.6 Å². The van der Waals surface area contributed by atoms with E-state index >= 15 is 0 Å². The Kier molecular flexibility index (Phi) is 4.10. The maximum Gasteiger partial charge on any atom is 0.267 e. The van der Waals surface area contributed by atoms with E-state index in [0.717, 1.165) is 31.4 Å². The molecule has 2 unspecified atom stereocenters. The van der Waals surface area contributed by atoms with Crippen LogP contribution in [0.3, 0.4) is 0 Å². The van der Waals surface area contributed by atoms with E-state index in [4.69, 9.17) is 4.74 Å². The molecule has 2 N–H and O–H groups in total. The van der Waals surface area contributed by atoms with E-state index in [1.807, 2.05) is 6.92 Å². The smallest absolute Gasteiger partial charge is 0.267 e. The van der Waals surface area contributed by atoms with E-state index in [1.165, 1.54) is 4.68 Å². The third-order valence-electron chi connectivity index (χ3n) is 4.55. The molecule has 0 amide bonds. The van der Waals surface area contributed by atoms with Gasteiger partial charge in [-0.1, -0.05) is 12.8 Å². The summed E-state index contributed by atoms with van der Waals surface area (Å²) >= 11 is 0. The van der Waals surface area contributed by atoms with Gasteiger partial charge < -0.3 is 15.2 Å². The van der Waals surface area contributed by atoms with Crippen molar-refractivity contribution in [2.75, 3.05) is 19.8 Å². The minimum Gasteiger partial charge on any atom is -0.389 e. The van der Waals surface area contributed by atoms with Gasteiger partial charge in [-0.05, 0) is 25.8 Å². The van der Waals surface area contributed by atoms with Crippen LogP contribution in [0.1, 0.15) is 37.4 Å². The zero-order chi connectivity index (χ0) is 14.9. The van der Waals surface area contributed by atoms with E-state index in [9.17, 15) is 9.90 Å². The van der Waals surface area contributed by atoms with Gasteiger partial charge in [-0.15, -0.1) is 0 Å². The summed E-state index contributed by atoms with van der Waals surface area (Å²) in [5.74, 6) is 0. The number of aryl methyl sites for hydroxylation is 1. The van der Waals surface area contributed by atoms with Crippen LogP contribution in [-0.2, 0) is 4.74 Å². The summed E-state index contributed by atoms with van der Waals surface area (Å²) in [6, 6.07) is 3.17. The highest BCUT2D eigenvalue weighted by molar-refractivity contribution is 5.00. The van der Waals surface area contributed by atoms with Crippen LogP contribution in [0.15, 0.2) is 16.9 Å². The fourth-order valence-electron chi connectivity index (χ4n) is 3.27. The second-order valence-electron chi connectivity index (χ2n) is 6.28. The molecule has 6 heteroatoms. The second-order valence-corrected chi connectivity index (χ2v) is 6.28. The molecule has 1 aromatic rings. The van der Waals surface area contributed by atoms with Crippen LogP contribution < -0.4 is 10.9 Å². The molecule has 6 nitrogen and oxygen atoms in total. The van der Waals surface area contributed by atoms with Crippen LogP contribution in [-0.4, -0.2) is 46.3 Å². The molecule has 0 bridgehead atoms. The predicted octanol–water partition coefficient (Wildman–Crippen LogP) is 0.386. The molecular formula is C15H23N3O3. The summed E-state index contributed by atoms with van der Waals surface area (Å²) in [6.07, 6.45) is 3.87. The Bertz CT molecular complexity index is 551. The molecular weight excluding hydrogens is 270 g/mol. The van der Waals surface area contributed by atoms with Crippen molar-refractivity contribution in [3.05, 3.63) is 28.2 Å². The van der Waals surface area contributed by atoms with E-state index < -0.39 is 5.60 Å². The molecule has 2 atom stereocenters. The van der Waals surface area contributed by atoms with Gasteiger partial charge in [0.05, 0.1) is 36.6 Å². The zero-order valence-corrected chi connectivity index (χ0v) is 12.4. The molecule has 1 aromatic heterocycles. The number of rotatable bonds is 4. The second kappa shape index (κ2) is 5.87. The minimum absolute atomic E-state index is 0.0154. The quantitative estimate of drug-likeness (QED) is 0.839. The van der Waals surface area contributed by atoms with Crippen LogP contribution in [0.4, 0.5) is 0 Å².